The van der Waals surface area contributed by atoms with Crippen LogP contribution in [0.15, 0.2) is 39.2 Å². The first-order chi connectivity index (χ1) is 10.3. The molecule has 0 saturated heterocycles. The monoisotopic (exact) mass is 302 g/mol. The van der Waals surface area contributed by atoms with Gasteiger partial charge in [-0.25, -0.2) is 14.6 Å². The van der Waals surface area contributed by atoms with Crippen molar-refractivity contribution in [1.29, 1.82) is 0 Å². The van der Waals surface area contributed by atoms with Crippen LogP contribution in [-0.2, 0) is 9.53 Å². The van der Waals surface area contributed by atoms with Crippen LogP contribution in [0.4, 0.5) is 0 Å². The zero-order valence-corrected chi connectivity index (χ0v) is 13.0. The maximum atomic E-state index is 12.0. The zero-order valence-electron chi connectivity index (χ0n) is 13.0. The Kier molecular flexibility index (Phi) is 4.30. The molecule has 0 aliphatic heterocycles. The summed E-state index contributed by atoms with van der Waals surface area (Å²) in [4.78, 5) is 28.1. The minimum atomic E-state index is -0.615. The largest absolute Gasteiger partial charge is 0.464 e. The van der Waals surface area contributed by atoms with Gasteiger partial charge in [0, 0.05) is 11.6 Å². The fourth-order valence-corrected chi connectivity index (χ4v) is 1.85. The van der Waals surface area contributed by atoms with Crippen LogP contribution in [0.2, 0.25) is 0 Å². The number of esters is 1. The molecular formula is C16H18N2O4. The summed E-state index contributed by atoms with van der Waals surface area (Å²) in [6, 6.07) is 6.93. The number of carbonyl (C=O) groups excluding carboxylic acids is 1. The van der Waals surface area contributed by atoms with Crippen LogP contribution in [0.1, 0.15) is 26.5 Å². The van der Waals surface area contributed by atoms with Gasteiger partial charge in [0.1, 0.15) is 11.2 Å². The van der Waals surface area contributed by atoms with Crippen molar-refractivity contribution in [2.24, 2.45) is 0 Å². The summed E-state index contributed by atoms with van der Waals surface area (Å²) in [5.41, 5.74) is 0.120. The molecule has 0 fully saturated rings. The van der Waals surface area contributed by atoms with Crippen LogP contribution in [0.5, 0.6) is 0 Å². The molecule has 0 bridgehead atoms. The van der Waals surface area contributed by atoms with Gasteiger partial charge in [-0.15, -0.1) is 0 Å². The van der Waals surface area contributed by atoms with Crippen LogP contribution < -0.4 is 10.9 Å². The predicted molar refractivity (Wildman–Crippen MR) is 83.2 cm³/mol. The highest BCUT2D eigenvalue weighted by atomic mass is 16.5. The molecule has 6 heteroatoms. The van der Waals surface area contributed by atoms with E-state index in [9.17, 15) is 9.59 Å². The molecule has 2 aromatic rings. The highest BCUT2D eigenvalue weighted by Crippen LogP contribution is 2.12. The van der Waals surface area contributed by atoms with Crippen molar-refractivity contribution in [2.45, 2.75) is 26.3 Å². The molecule has 22 heavy (non-hydrogen) atoms. The lowest BCUT2D eigenvalue weighted by molar-refractivity contribution is -0.136. The second kappa shape index (κ2) is 6.01. The van der Waals surface area contributed by atoms with Crippen molar-refractivity contribution in [3.63, 3.8) is 0 Å². The Morgan fingerprint density at radius 1 is 1.32 bits per heavy atom. The van der Waals surface area contributed by atoms with Crippen molar-refractivity contribution in [2.75, 3.05) is 7.11 Å². The summed E-state index contributed by atoms with van der Waals surface area (Å²) in [6.07, 6.45) is 1.34. The summed E-state index contributed by atoms with van der Waals surface area (Å²) in [5.74, 6) is -0.579. The van der Waals surface area contributed by atoms with Crippen LogP contribution in [0.25, 0.3) is 17.2 Å². The SMILES string of the molecule is COC(=O)/C(=C/c1nc2ccccc2oc1=O)NC(C)(C)C. The van der Waals surface area contributed by atoms with Crippen molar-refractivity contribution in [1.82, 2.24) is 10.3 Å². The highest BCUT2D eigenvalue weighted by Gasteiger charge is 2.18. The Balaban J connectivity index is 2.53. The molecule has 0 radical (unpaired) electrons. The number of ether oxygens (including phenoxy) is 1. The number of nitrogens with zero attached hydrogens (tertiary/aromatic N) is 1. The fourth-order valence-electron chi connectivity index (χ4n) is 1.85. The number of nitrogens with one attached hydrogen (secondary N) is 1. The average Bonchev–Trinajstić information content (AvgIpc) is 2.45. The Hall–Kier alpha value is -2.63. The predicted octanol–water partition coefficient (Wildman–Crippen LogP) is 2.09. The fraction of sp³-hybridized carbons (Fsp3) is 0.312. The number of rotatable bonds is 3. The molecular weight excluding hydrogens is 284 g/mol. The van der Waals surface area contributed by atoms with E-state index < -0.39 is 11.6 Å². The minimum Gasteiger partial charge on any atom is -0.464 e. The van der Waals surface area contributed by atoms with Crippen molar-refractivity contribution in [3.8, 4) is 0 Å². The average molecular weight is 302 g/mol. The molecule has 0 atom stereocenters. The van der Waals surface area contributed by atoms with E-state index in [0.717, 1.165) is 0 Å². The summed E-state index contributed by atoms with van der Waals surface area (Å²) in [7, 11) is 1.27. The number of para-hydroxylation sites is 2. The third-order valence-corrected chi connectivity index (χ3v) is 2.71. The van der Waals surface area contributed by atoms with Crippen LogP contribution in [0, 0.1) is 0 Å². The molecule has 1 aromatic carbocycles. The number of methoxy groups -OCH3 is 1. The lowest BCUT2D eigenvalue weighted by Gasteiger charge is -2.22. The lowest BCUT2D eigenvalue weighted by Crippen LogP contribution is -2.38. The molecule has 0 amide bonds. The Morgan fingerprint density at radius 3 is 2.64 bits per heavy atom. The van der Waals surface area contributed by atoms with E-state index in [1.54, 1.807) is 24.3 Å². The van der Waals surface area contributed by atoms with Gasteiger partial charge in [0.15, 0.2) is 11.3 Å². The standard InChI is InChI=1S/C16H18N2O4/c1-16(2,3)18-12(14(19)21-4)9-11-15(20)22-13-8-6-5-7-10(13)17-11/h5-9,18H,1-4H3/b12-9-. The van der Waals surface area contributed by atoms with E-state index in [2.05, 4.69) is 10.3 Å². The van der Waals surface area contributed by atoms with Gasteiger partial charge >= 0.3 is 11.6 Å². The number of benzene rings is 1. The second-order valence-corrected chi connectivity index (χ2v) is 5.78. The van der Waals surface area contributed by atoms with Crippen molar-refractivity contribution in [3.05, 3.63) is 46.1 Å². The topological polar surface area (TPSA) is 81.4 Å². The van der Waals surface area contributed by atoms with Gasteiger partial charge < -0.3 is 14.5 Å². The first-order valence-electron chi connectivity index (χ1n) is 6.78. The molecule has 2 rings (SSSR count). The van der Waals surface area contributed by atoms with Crippen LogP contribution in [0.3, 0.4) is 0 Å². The van der Waals surface area contributed by atoms with Gasteiger partial charge in [0.2, 0.25) is 0 Å². The van der Waals surface area contributed by atoms with Gasteiger partial charge in [-0.1, -0.05) is 12.1 Å². The van der Waals surface area contributed by atoms with E-state index in [-0.39, 0.29) is 16.9 Å². The minimum absolute atomic E-state index is 0.0378. The number of hydrogen-bond acceptors (Lipinski definition) is 6. The molecule has 0 spiro atoms. The normalized spacial score (nSPS) is 12.3. The molecule has 0 saturated carbocycles. The lowest BCUT2D eigenvalue weighted by atomic mass is 10.1. The molecule has 6 nitrogen and oxygen atoms in total. The number of fused-ring (bicyclic) bond motifs is 1. The van der Waals surface area contributed by atoms with E-state index in [0.29, 0.717) is 11.1 Å². The smallest absolute Gasteiger partial charge is 0.362 e. The molecule has 1 heterocycles. The van der Waals surface area contributed by atoms with Crippen LogP contribution in [-0.4, -0.2) is 23.6 Å². The van der Waals surface area contributed by atoms with Crippen molar-refractivity contribution >= 4 is 23.1 Å². The van der Waals surface area contributed by atoms with E-state index in [1.165, 1.54) is 13.2 Å². The molecule has 1 N–H and O–H groups in total. The summed E-state index contributed by atoms with van der Waals surface area (Å²) in [6.45, 7) is 5.67. The Bertz CT molecular complexity index is 785. The van der Waals surface area contributed by atoms with E-state index in [1.807, 2.05) is 20.8 Å². The van der Waals surface area contributed by atoms with Gasteiger partial charge in [-0.3, -0.25) is 0 Å². The number of aromatic nitrogens is 1. The van der Waals surface area contributed by atoms with Gasteiger partial charge in [-0.05, 0) is 32.9 Å². The highest BCUT2D eigenvalue weighted by molar-refractivity contribution is 5.93. The molecule has 1 aromatic heterocycles. The van der Waals surface area contributed by atoms with Gasteiger partial charge in [0.05, 0.1) is 7.11 Å². The number of carbonyl (C=O) groups is 1. The third kappa shape index (κ3) is 3.72. The Morgan fingerprint density at radius 2 is 2.00 bits per heavy atom. The second-order valence-electron chi connectivity index (χ2n) is 5.78. The third-order valence-electron chi connectivity index (χ3n) is 2.71. The summed E-state index contributed by atoms with van der Waals surface area (Å²) >= 11 is 0. The van der Waals surface area contributed by atoms with Gasteiger partial charge in [-0.2, -0.15) is 0 Å². The first-order valence-corrected chi connectivity index (χ1v) is 6.78. The molecule has 116 valence electrons. The summed E-state index contributed by atoms with van der Waals surface area (Å²) in [5, 5.41) is 3.00. The first kappa shape index (κ1) is 15.8. The van der Waals surface area contributed by atoms with Gasteiger partial charge in [0.25, 0.3) is 0 Å². The molecule has 0 aliphatic rings. The van der Waals surface area contributed by atoms with Crippen LogP contribution >= 0.6 is 0 Å². The number of hydrogen-bond donors (Lipinski definition) is 1. The maximum Gasteiger partial charge on any atom is 0.362 e. The summed E-state index contributed by atoms with van der Waals surface area (Å²) < 4.78 is 9.92. The van der Waals surface area contributed by atoms with E-state index >= 15 is 0 Å². The van der Waals surface area contributed by atoms with Crippen molar-refractivity contribution < 1.29 is 13.9 Å². The maximum absolute atomic E-state index is 12.0. The molecule has 0 unspecified atom stereocenters. The zero-order chi connectivity index (χ0) is 16.3. The quantitative estimate of drug-likeness (QED) is 0.690. The molecule has 0 aliphatic carbocycles. The van der Waals surface area contributed by atoms with E-state index in [4.69, 9.17) is 9.15 Å². The Labute approximate surface area is 127 Å².